The van der Waals surface area contributed by atoms with E-state index < -0.39 is 5.91 Å². The van der Waals surface area contributed by atoms with Gasteiger partial charge in [-0.25, -0.2) is 0 Å². The molecule has 0 spiro atoms. The molecule has 1 aromatic carbocycles. The molecule has 3 aliphatic rings. The summed E-state index contributed by atoms with van der Waals surface area (Å²) in [4.78, 5) is 42.3. The van der Waals surface area contributed by atoms with E-state index in [1.165, 1.54) is 0 Å². The van der Waals surface area contributed by atoms with Crippen molar-refractivity contribution in [2.75, 3.05) is 38.3 Å². The van der Waals surface area contributed by atoms with Gasteiger partial charge in [0.15, 0.2) is 11.5 Å². The van der Waals surface area contributed by atoms with Gasteiger partial charge in [0.05, 0.1) is 5.92 Å². The number of hydrogen-bond donors (Lipinski definition) is 1. The lowest BCUT2D eigenvalue weighted by molar-refractivity contribution is -0.138. The second-order valence-electron chi connectivity index (χ2n) is 9.03. The number of hydrogen-bond acceptors (Lipinski definition) is 8. The third-order valence-corrected chi connectivity index (χ3v) is 7.50. The molecule has 1 atom stereocenters. The molecular weight excluding hydrogens is 458 g/mol. The summed E-state index contributed by atoms with van der Waals surface area (Å²) in [5.74, 6) is 1.04. The first-order valence-corrected chi connectivity index (χ1v) is 12.4. The average Bonchev–Trinajstić information content (AvgIpc) is 3.53. The molecule has 180 valence electrons. The summed E-state index contributed by atoms with van der Waals surface area (Å²) in [6, 6.07) is 5.08. The highest BCUT2D eigenvalue weighted by molar-refractivity contribution is 7.15. The van der Waals surface area contributed by atoms with Crippen LogP contribution >= 0.6 is 11.3 Å². The van der Waals surface area contributed by atoms with Crippen molar-refractivity contribution >= 4 is 34.7 Å². The standard InChI is InChI=1S/C23H27N5O5S/c1-14-6-9-27(10-7-14)22(30)15-3-2-8-28(12-15)23(31)21-26-25-20(34-21)19(29)24-16-4-5-17-18(11-16)33-13-32-17/h4-5,11,14-15H,2-3,6-10,12-13H2,1H3,(H,24,29)/t15-/m0/s1. The Morgan fingerprint density at radius 3 is 2.59 bits per heavy atom. The van der Waals surface area contributed by atoms with Crippen molar-refractivity contribution in [3.8, 4) is 11.5 Å². The number of fused-ring (bicyclic) bond motifs is 1. The third-order valence-electron chi connectivity index (χ3n) is 6.59. The number of piperidine rings is 2. The lowest BCUT2D eigenvalue weighted by Crippen LogP contribution is -2.48. The number of nitrogens with one attached hydrogen (secondary N) is 1. The number of benzene rings is 1. The molecule has 4 heterocycles. The van der Waals surface area contributed by atoms with Crippen LogP contribution in [-0.4, -0.2) is 70.7 Å². The van der Waals surface area contributed by atoms with E-state index in [0.29, 0.717) is 36.2 Å². The zero-order valence-corrected chi connectivity index (χ0v) is 19.8. The number of likely N-dealkylation sites (tertiary alicyclic amines) is 2. The molecule has 1 N–H and O–H groups in total. The molecule has 34 heavy (non-hydrogen) atoms. The minimum absolute atomic E-state index is 0.0908. The normalized spacial score (nSPS) is 20.3. The maximum absolute atomic E-state index is 13.1. The zero-order chi connectivity index (χ0) is 23.7. The Labute approximate surface area is 201 Å². The fourth-order valence-electron chi connectivity index (χ4n) is 4.55. The number of aromatic nitrogens is 2. The third kappa shape index (κ3) is 4.70. The van der Waals surface area contributed by atoms with Crippen LogP contribution < -0.4 is 14.8 Å². The largest absolute Gasteiger partial charge is 0.454 e. The summed E-state index contributed by atoms with van der Waals surface area (Å²) >= 11 is 0.949. The van der Waals surface area contributed by atoms with Crippen LogP contribution in [0.2, 0.25) is 0 Å². The van der Waals surface area contributed by atoms with E-state index in [4.69, 9.17) is 9.47 Å². The Hall–Kier alpha value is -3.21. The fourth-order valence-corrected chi connectivity index (χ4v) is 5.25. The molecule has 3 amide bonds. The summed E-state index contributed by atoms with van der Waals surface area (Å²) in [7, 11) is 0. The van der Waals surface area contributed by atoms with Gasteiger partial charge in [0.1, 0.15) is 0 Å². The molecule has 0 bridgehead atoms. The summed E-state index contributed by atoms with van der Waals surface area (Å²) in [6.45, 7) is 4.90. The first kappa shape index (κ1) is 22.6. The first-order valence-electron chi connectivity index (χ1n) is 11.6. The molecule has 2 fully saturated rings. The van der Waals surface area contributed by atoms with Gasteiger partial charge < -0.3 is 24.6 Å². The highest BCUT2D eigenvalue weighted by Gasteiger charge is 2.34. The summed E-state index contributed by atoms with van der Waals surface area (Å²) in [6.07, 6.45) is 3.61. The second kappa shape index (κ2) is 9.57. The van der Waals surface area contributed by atoms with Crippen molar-refractivity contribution in [3.63, 3.8) is 0 Å². The van der Waals surface area contributed by atoms with Crippen molar-refractivity contribution in [1.82, 2.24) is 20.0 Å². The van der Waals surface area contributed by atoms with E-state index in [9.17, 15) is 14.4 Å². The molecule has 3 aliphatic heterocycles. The van der Waals surface area contributed by atoms with E-state index in [0.717, 1.165) is 50.1 Å². The first-order chi connectivity index (χ1) is 16.5. The molecule has 0 unspecified atom stereocenters. The van der Waals surface area contributed by atoms with Gasteiger partial charge in [-0.3, -0.25) is 14.4 Å². The molecule has 1 aromatic heterocycles. The van der Waals surface area contributed by atoms with Crippen molar-refractivity contribution in [2.24, 2.45) is 11.8 Å². The molecule has 5 rings (SSSR count). The van der Waals surface area contributed by atoms with Crippen LogP contribution in [0.1, 0.15) is 52.2 Å². The van der Waals surface area contributed by atoms with E-state index in [1.54, 1.807) is 23.1 Å². The summed E-state index contributed by atoms with van der Waals surface area (Å²) in [5.41, 5.74) is 0.529. The maximum Gasteiger partial charge on any atom is 0.286 e. The highest BCUT2D eigenvalue weighted by Crippen LogP contribution is 2.34. The van der Waals surface area contributed by atoms with Crippen molar-refractivity contribution in [1.29, 1.82) is 0 Å². The highest BCUT2D eigenvalue weighted by atomic mass is 32.1. The molecule has 0 saturated carbocycles. The summed E-state index contributed by atoms with van der Waals surface area (Å²) in [5, 5.41) is 10.8. The van der Waals surface area contributed by atoms with Gasteiger partial charge in [0.2, 0.25) is 22.7 Å². The molecule has 11 heteroatoms. The zero-order valence-electron chi connectivity index (χ0n) is 19.0. The van der Waals surface area contributed by atoms with E-state index >= 15 is 0 Å². The minimum Gasteiger partial charge on any atom is -0.454 e. The number of amides is 3. The summed E-state index contributed by atoms with van der Waals surface area (Å²) < 4.78 is 10.6. The van der Waals surface area contributed by atoms with E-state index in [1.807, 2.05) is 4.90 Å². The van der Waals surface area contributed by atoms with Gasteiger partial charge in [0.25, 0.3) is 11.8 Å². The topological polar surface area (TPSA) is 114 Å². The second-order valence-corrected chi connectivity index (χ2v) is 10.0. The quantitative estimate of drug-likeness (QED) is 0.708. The Balaban J connectivity index is 1.20. The van der Waals surface area contributed by atoms with Gasteiger partial charge in [-0.2, -0.15) is 0 Å². The predicted molar refractivity (Wildman–Crippen MR) is 124 cm³/mol. The number of ether oxygens (including phenoxy) is 2. The molecule has 0 radical (unpaired) electrons. The van der Waals surface area contributed by atoms with Crippen molar-refractivity contribution < 1.29 is 23.9 Å². The Bertz CT molecular complexity index is 1100. The van der Waals surface area contributed by atoms with E-state index in [-0.39, 0.29) is 34.5 Å². The fraction of sp³-hybridized carbons (Fsp3) is 0.522. The van der Waals surface area contributed by atoms with Crippen LogP contribution in [0.4, 0.5) is 5.69 Å². The number of carbonyl (C=O) groups is 3. The number of anilines is 1. The number of nitrogens with zero attached hydrogens (tertiary/aromatic N) is 4. The van der Waals surface area contributed by atoms with Gasteiger partial charge in [-0.1, -0.05) is 18.3 Å². The van der Waals surface area contributed by atoms with E-state index in [2.05, 4.69) is 22.4 Å². The smallest absolute Gasteiger partial charge is 0.286 e. The van der Waals surface area contributed by atoms with Crippen LogP contribution in [0.25, 0.3) is 0 Å². The monoisotopic (exact) mass is 485 g/mol. The Morgan fingerprint density at radius 1 is 1.00 bits per heavy atom. The van der Waals surface area contributed by atoms with Crippen LogP contribution in [-0.2, 0) is 4.79 Å². The number of rotatable bonds is 4. The van der Waals surface area contributed by atoms with Crippen LogP contribution in [0, 0.1) is 11.8 Å². The molecule has 0 aliphatic carbocycles. The van der Waals surface area contributed by atoms with Crippen molar-refractivity contribution in [2.45, 2.75) is 32.6 Å². The molecule has 10 nitrogen and oxygen atoms in total. The molecule has 2 saturated heterocycles. The van der Waals surface area contributed by atoms with Crippen molar-refractivity contribution in [3.05, 3.63) is 28.2 Å². The van der Waals surface area contributed by atoms with Gasteiger partial charge >= 0.3 is 0 Å². The predicted octanol–water partition coefficient (Wildman–Crippen LogP) is 2.63. The van der Waals surface area contributed by atoms with Crippen LogP contribution in [0.15, 0.2) is 18.2 Å². The molecule has 2 aromatic rings. The number of carbonyl (C=O) groups excluding carboxylic acids is 3. The molecular formula is C23H27N5O5S. The average molecular weight is 486 g/mol. The Kier molecular flexibility index (Phi) is 6.36. The van der Waals surface area contributed by atoms with Crippen LogP contribution in [0.3, 0.4) is 0 Å². The van der Waals surface area contributed by atoms with Gasteiger partial charge in [0, 0.05) is 37.9 Å². The Morgan fingerprint density at radius 2 is 1.76 bits per heavy atom. The van der Waals surface area contributed by atoms with Gasteiger partial charge in [-0.15, -0.1) is 10.2 Å². The van der Waals surface area contributed by atoms with Crippen LogP contribution in [0.5, 0.6) is 11.5 Å². The lowest BCUT2D eigenvalue weighted by atomic mass is 9.93. The maximum atomic E-state index is 13.1. The SMILES string of the molecule is CC1CCN(C(=O)[C@H]2CCCN(C(=O)c3nnc(C(=O)Nc4ccc5c(c4)OCO5)s3)C2)CC1. The lowest BCUT2D eigenvalue weighted by Gasteiger charge is -2.37. The van der Waals surface area contributed by atoms with Gasteiger partial charge in [-0.05, 0) is 43.7 Å². The minimum atomic E-state index is -0.457.